The van der Waals surface area contributed by atoms with Gasteiger partial charge in [-0.05, 0) is 71.6 Å². The molecule has 0 aliphatic carbocycles. The van der Waals surface area contributed by atoms with E-state index in [0.29, 0.717) is 12.3 Å². The van der Waals surface area contributed by atoms with Gasteiger partial charge >= 0.3 is 13.2 Å². The van der Waals surface area contributed by atoms with Crippen LogP contribution in [0.2, 0.25) is 0 Å². The highest BCUT2D eigenvalue weighted by Gasteiger charge is 2.51. The van der Waals surface area contributed by atoms with Crippen LogP contribution in [0.4, 0.5) is 4.79 Å². The molecule has 1 N–H and O–H groups in total. The van der Waals surface area contributed by atoms with Crippen LogP contribution in [0, 0.1) is 0 Å². The van der Waals surface area contributed by atoms with Gasteiger partial charge in [-0.25, -0.2) is 4.79 Å². The summed E-state index contributed by atoms with van der Waals surface area (Å²) in [7, 11) is 1.12. The molecule has 0 aromatic heterocycles. The fourth-order valence-electron chi connectivity index (χ4n) is 2.51. The summed E-state index contributed by atoms with van der Waals surface area (Å²) < 4.78 is 22.9. The van der Waals surface area contributed by atoms with Gasteiger partial charge in [0.05, 0.1) is 18.3 Å². The van der Waals surface area contributed by atoms with Gasteiger partial charge in [0.1, 0.15) is 11.4 Å². The van der Waals surface area contributed by atoms with E-state index in [1.165, 1.54) is 0 Å². The van der Waals surface area contributed by atoms with Gasteiger partial charge in [-0.15, -0.1) is 0 Å². The van der Waals surface area contributed by atoms with Crippen molar-refractivity contribution in [3.8, 4) is 5.75 Å². The molecule has 0 unspecified atom stereocenters. The summed E-state index contributed by atoms with van der Waals surface area (Å²) in [5.41, 5.74) is 0.349. The van der Waals surface area contributed by atoms with E-state index >= 15 is 0 Å². The molecule has 1 saturated heterocycles. The quantitative estimate of drug-likeness (QED) is 0.833. The molecule has 1 fully saturated rings. The van der Waals surface area contributed by atoms with Crippen molar-refractivity contribution in [1.82, 2.24) is 5.32 Å². The lowest BCUT2D eigenvalue weighted by Crippen LogP contribution is -2.41. The molecular formula is C19H30BNO5. The standard InChI is InChI=1S/C19H30BNO5/c1-17(2,3)24-16(22)21-12-13-9-14(11-15(10-13)23-8)20-25-18(4,5)19(6,7)26-20/h9-11H,12H2,1-8H3,(H,21,22). The Morgan fingerprint density at radius 3 is 2.19 bits per heavy atom. The van der Waals surface area contributed by atoms with Crippen LogP contribution >= 0.6 is 0 Å². The summed E-state index contributed by atoms with van der Waals surface area (Å²) in [5, 5.41) is 2.76. The van der Waals surface area contributed by atoms with E-state index < -0.39 is 30.0 Å². The van der Waals surface area contributed by atoms with Crippen LogP contribution in [0.25, 0.3) is 0 Å². The van der Waals surface area contributed by atoms with E-state index in [4.69, 9.17) is 18.8 Å². The maximum Gasteiger partial charge on any atom is 0.494 e. The average molecular weight is 363 g/mol. The second-order valence-electron chi connectivity index (χ2n) is 8.56. The van der Waals surface area contributed by atoms with Gasteiger partial charge in [-0.1, -0.05) is 6.07 Å². The predicted molar refractivity (Wildman–Crippen MR) is 102 cm³/mol. The van der Waals surface area contributed by atoms with Crippen LogP contribution in [-0.2, 0) is 20.6 Å². The molecule has 1 aliphatic rings. The molecule has 1 aromatic rings. The predicted octanol–water partition coefficient (Wildman–Crippen LogP) is 3.02. The lowest BCUT2D eigenvalue weighted by Gasteiger charge is -2.32. The largest absolute Gasteiger partial charge is 0.497 e. The van der Waals surface area contributed by atoms with Gasteiger partial charge in [-0.3, -0.25) is 0 Å². The maximum absolute atomic E-state index is 11.9. The van der Waals surface area contributed by atoms with Crippen molar-refractivity contribution in [1.29, 1.82) is 0 Å². The number of carbonyl (C=O) groups is 1. The third-order valence-electron chi connectivity index (χ3n) is 4.59. The number of nitrogens with one attached hydrogen (secondary N) is 1. The van der Waals surface area contributed by atoms with Gasteiger partial charge in [0.2, 0.25) is 0 Å². The fourth-order valence-corrected chi connectivity index (χ4v) is 2.51. The molecule has 1 amide bonds. The highest BCUT2D eigenvalue weighted by Crippen LogP contribution is 2.36. The average Bonchev–Trinajstić information content (AvgIpc) is 2.71. The van der Waals surface area contributed by atoms with Crippen molar-refractivity contribution in [2.45, 2.75) is 71.8 Å². The normalized spacial score (nSPS) is 18.5. The fraction of sp³-hybridized carbons (Fsp3) is 0.632. The lowest BCUT2D eigenvalue weighted by atomic mass is 9.78. The van der Waals surface area contributed by atoms with Crippen LogP contribution in [-0.4, -0.2) is 37.1 Å². The molecule has 0 radical (unpaired) electrons. The summed E-state index contributed by atoms with van der Waals surface area (Å²) in [5.74, 6) is 0.679. The molecule has 1 aromatic carbocycles. The van der Waals surface area contributed by atoms with Gasteiger partial charge in [-0.2, -0.15) is 0 Å². The second-order valence-corrected chi connectivity index (χ2v) is 8.56. The number of amides is 1. The molecule has 26 heavy (non-hydrogen) atoms. The summed E-state index contributed by atoms with van der Waals surface area (Å²) >= 11 is 0. The molecule has 0 saturated carbocycles. The SMILES string of the molecule is COc1cc(CNC(=O)OC(C)(C)C)cc(B2OC(C)(C)C(C)(C)O2)c1. The summed E-state index contributed by atoms with van der Waals surface area (Å²) in [6.45, 7) is 13.8. The van der Waals surface area contributed by atoms with Crippen molar-refractivity contribution in [2.75, 3.05) is 7.11 Å². The van der Waals surface area contributed by atoms with Crippen LogP contribution in [0.1, 0.15) is 54.0 Å². The minimum atomic E-state index is -0.535. The Morgan fingerprint density at radius 2 is 1.69 bits per heavy atom. The van der Waals surface area contributed by atoms with Crippen molar-refractivity contribution >= 4 is 18.7 Å². The Labute approximate surface area is 156 Å². The molecule has 1 aliphatic heterocycles. The van der Waals surface area contributed by atoms with E-state index in [-0.39, 0.29) is 0 Å². The third-order valence-corrected chi connectivity index (χ3v) is 4.59. The lowest BCUT2D eigenvalue weighted by molar-refractivity contribution is 0.00578. The van der Waals surface area contributed by atoms with Crippen LogP contribution < -0.4 is 15.5 Å². The topological polar surface area (TPSA) is 66.0 Å². The van der Waals surface area contributed by atoms with Crippen molar-refractivity contribution < 1.29 is 23.6 Å². The Bertz CT molecular complexity index is 650. The molecule has 0 bridgehead atoms. The zero-order valence-electron chi connectivity index (χ0n) is 17.1. The molecule has 6 nitrogen and oxygen atoms in total. The summed E-state index contributed by atoms with van der Waals surface area (Å²) in [6.07, 6.45) is -0.461. The zero-order valence-corrected chi connectivity index (χ0v) is 17.1. The number of rotatable bonds is 4. The Morgan fingerprint density at radius 1 is 1.12 bits per heavy atom. The van der Waals surface area contributed by atoms with Gasteiger partial charge in [0.15, 0.2) is 0 Å². The number of alkyl carbamates (subject to hydrolysis) is 1. The highest BCUT2D eigenvalue weighted by atomic mass is 16.7. The Hall–Kier alpha value is -1.73. The van der Waals surface area contributed by atoms with Gasteiger partial charge in [0.25, 0.3) is 0 Å². The monoisotopic (exact) mass is 363 g/mol. The summed E-state index contributed by atoms with van der Waals surface area (Å²) in [4.78, 5) is 11.9. The molecular weight excluding hydrogens is 333 g/mol. The minimum absolute atomic E-state index is 0.318. The molecule has 2 rings (SSSR count). The number of methoxy groups -OCH3 is 1. The first-order valence-corrected chi connectivity index (χ1v) is 8.83. The minimum Gasteiger partial charge on any atom is -0.497 e. The highest BCUT2D eigenvalue weighted by molar-refractivity contribution is 6.62. The van der Waals surface area contributed by atoms with Crippen molar-refractivity contribution in [3.63, 3.8) is 0 Å². The van der Waals surface area contributed by atoms with Gasteiger partial charge < -0.3 is 24.1 Å². The molecule has 0 spiro atoms. The van der Waals surface area contributed by atoms with Crippen molar-refractivity contribution in [2.24, 2.45) is 0 Å². The van der Waals surface area contributed by atoms with Crippen molar-refractivity contribution in [3.05, 3.63) is 23.8 Å². The first kappa shape index (κ1) is 20.6. The number of ether oxygens (including phenoxy) is 2. The van der Waals surface area contributed by atoms with Crippen LogP contribution in [0.15, 0.2) is 18.2 Å². The van der Waals surface area contributed by atoms with Crippen LogP contribution in [0.3, 0.4) is 0 Å². The smallest absolute Gasteiger partial charge is 0.494 e. The number of hydrogen-bond acceptors (Lipinski definition) is 5. The molecule has 0 atom stereocenters. The zero-order chi connectivity index (χ0) is 19.8. The molecule has 144 valence electrons. The second kappa shape index (κ2) is 7.12. The number of benzene rings is 1. The van der Waals surface area contributed by atoms with E-state index in [9.17, 15) is 4.79 Å². The first-order valence-electron chi connectivity index (χ1n) is 8.83. The van der Waals surface area contributed by atoms with E-state index in [0.717, 1.165) is 11.0 Å². The number of hydrogen-bond donors (Lipinski definition) is 1. The van der Waals surface area contributed by atoms with E-state index in [2.05, 4.69) is 5.32 Å². The maximum atomic E-state index is 11.9. The van der Waals surface area contributed by atoms with E-state index in [1.54, 1.807) is 7.11 Å². The molecule has 1 heterocycles. The van der Waals surface area contributed by atoms with E-state index in [1.807, 2.05) is 66.7 Å². The third kappa shape index (κ3) is 4.92. The molecule has 7 heteroatoms. The van der Waals surface area contributed by atoms with Crippen LogP contribution in [0.5, 0.6) is 5.75 Å². The number of carbonyl (C=O) groups excluding carboxylic acids is 1. The Kier molecular flexibility index (Phi) is 5.64. The first-order chi connectivity index (χ1) is 11.8. The Balaban J connectivity index is 2.15. The van der Waals surface area contributed by atoms with Gasteiger partial charge in [0, 0.05) is 6.54 Å². The summed E-state index contributed by atoms with van der Waals surface area (Å²) in [6, 6.07) is 5.70.